The smallest absolute Gasteiger partial charge is 0.421 e. The number of sulfonamides is 1. The van der Waals surface area contributed by atoms with E-state index in [-0.39, 0.29) is 29.0 Å². The van der Waals surface area contributed by atoms with Gasteiger partial charge in [-0.1, -0.05) is 60.1 Å². The Morgan fingerprint density at radius 1 is 0.978 bits per heavy atom. The van der Waals surface area contributed by atoms with Crippen LogP contribution in [0.25, 0.3) is 21.3 Å². The van der Waals surface area contributed by atoms with Crippen LogP contribution in [-0.2, 0) is 36.8 Å². The van der Waals surface area contributed by atoms with Crippen LogP contribution in [0.15, 0.2) is 77.2 Å². The van der Waals surface area contributed by atoms with Crippen LogP contribution in [0.4, 0.5) is 4.79 Å². The average molecular weight is 689 g/mol. The van der Waals surface area contributed by atoms with Crippen molar-refractivity contribution in [2.24, 2.45) is 0 Å². The third kappa shape index (κ3) is 8.45. The van der Waals surface area contributed by atoms with E-state index in [2.05, 4.69) is 15.2 Å². The molecular weight excluding hydrogens is 660 g/mol. The van der Waals surface area contributed by atoms with E-state index in [0.717, 1.165) is 15.8 Å². The number of thiazole rings is 1. The first-order chi connectivity index (χ1) is 21.2. The fraction of sp³-hybridized carbons (Fsp3) is 0.267. The largest absolute Gasteiger partial charge is 0.443 e. The van der Waals surface area contributed by atoms with Gasteiger partial charge in [0.2, 0.25) is 21.8 Å². The number of carbonyl (C=O) groups excluding carboxylic acids is 1. The molecular formula is C30H29ClN4O7S3. The minimum atomic E-state index is -4.12. The van der Waals surface area contributed by atoms with Gasteiger partial charge in [-0.15, -0.1) is 21.5 Å². The van der Waals surface area contributed by atoms with Crippen LogP contribution < -0.4 is 4.72 Å². The van der Waals surface area contributed by atoms with E-state index in [4.69, 9.17) is 20.8 Å². The molecule has 0 fully saturated rings. The molecule has 15 heteroatoms. The Bertz CT molecular complexity index is 2040. The van der Waals surface area contributed by atoms with Gasteiger partial charge in [0, 0.05) is 11.4 Å². The van der Waals surface area contributed by atoms with Gasteiger partial charge in [0.15, 0.2) is 15.1 Å². The van der Waals surface area contributed by atoms with Crippen molar-refractivity contribution in [2.45, 2.75) is 43.8 Å². The maximum Gasteiger partial charge on any atom is 0.421 e. The summed E-state index contributed by atoms with van der Waals surface area (Å²) in [7, 11) is -8.13. The van der Waals surface area contributed by atoms with E-state index in [1.165, 1.54) is 11.3 Å². The molecule has 0 aliphatic rings. The number of amides is 1. The molecule has 1 N–H and O–H groups in total. The monoisotopic (exact) mass is 688 g/mol. The molecule has 236 valence electrons. The van der Waals surface area contributed by atoms with Crippen LogP contribution >= 0.6 is 22.9 Å². The van der Waals surface area contributed by atoms with Gasteiger partial charge in [0.25, 0.3) is 0 Å². The Labute approximate surface area is 269 Å². The van der Waals surface area contributed by atoms with Crippen molar-refractivity contribution in [2.75, 3.05) is 5.75 Å². The van der Waals surface area contributed by atoms with Gasteiger partial charge in [-0.2, -0.15) is 0 Å². The Hall–Kier alpha value is -3.85. The number of halogens is 1. The summed E-state index contributed by atoms with van der Waals surface area (Å²) in [6, 6.07) is 21.6. The number of aromatic nitrogens is 3. The van der Waals surface area contributed by atoms with E-state index in [0.29, 0.717) is 16.1 Å². The summed E-state index contributed by atoms with van der Waals surface area (Å²) in [6.07, 6.45) is -1.39. The third-order valence-electron chi connectivity index (χ3n) is 6.31. The number of benzene rings is 3. The molecule has 1 unspecified atom stereocenters. The van der Waals surface area contributed by atoms with E-state index in [1.807, 2.05) is 35.1 Å². The van der Waals surface area contributed by atoms with Crippen molar-refractivity contribution in [1.29, 1.82) is 0 Å². The number of hydrogen-bond acceptors (Lipinski definition) is 11. The highest BCUT2D eigenvalue weighted by Crippen LogP contribution is 2.38. The standard InChI is InChI=1S/C30H29ClN4O7S3/c1-30(2,3)42-29(36)35-45(39,40)16-15-25-33-34-27(41-25)26(44(37,38)18-19-7-5-4-6-8-19)28-32-23-14-11-21(17-24(23)43-28)20-9-12-22(31)13-10-20/h4-14,17,26H,15-16,18H2,1-3H3,(H,35,36). The maximum atomic E-state index is 13.9. The fourth-order valence-corrected chi connectivity index (χ4v) is 8.47. The molecule has 0 saturated heterocycles. The van der Waals surface area contributed by atoms with Crippen molar-refractivity contribution < 1.29 is 30.8 Å². The molecule has 5 rings (SSSR count). The normalized spacial score (nSPS) is 13.1. The minimum absolute atomic E-state index is 0.120. The lowest BCUT2D eigenvalue weighted by atomic mass is 10.1. The van der Waals surface area contributed by atoms with Crippen LogP contribution in [0, 0.1) is 0 Å². The minimum Gasteiger partial charge on any atom is -0.443 e. The average Bonchev–Trinajstić information content (AvgIpc) is 3.58. The van der Waals surface area contributed by atoms with E-state index >= 15 is 0 Å². The van der Waals surface area contributed by atoms with Gasteiger partial charge in [-0.3, -0.25) is 0 Å². The zero-order chi connectivity index (χ0) is 32.4. The zero-order valence-corrected chi connectivity index (χ0v) is 27.6. The van der Waals surface area contributed by atoms with Crippen molar-refractivity contribution >= 4 is 59.1 Å². The van der Waals surface area contributed by atoms with Crippen molar-refractivity contribution in [1.82, 2.24) is 19.9 Å². The summed E-state index contributed by atoms with van der Waals surface area (Å²) >= 11 is 7.23. The van der Waals surface area contributed by atoms with Gasteiger partial charge < -0.3 is 9.15 Å². The van der Waals surface area contributed by atoms with Gasteiger partial charge in [-0.05, 0) is 61.7 Å². The topological polar surface area (TPSA) is 158 Å². The molecule has 45 heavy (non-hydrogen) atoms. The van der Waals surface area contributed by atoms with E-state index in [1.54, 1.807) is 63.2 Å². The summed E-state index contributed by atoms with van der Waals surface area (Å²) < 4.78 is 66.1. The Kier molecular flexibility index (Phi) is 9.31. The lowest BCUT2D eigenvalue weighted by molar-refractivity contribution is 0.0570. The summed E-state index contributed by atoms with van der Waals surface area (Å²) in [5.74, 6) is -1.26. The predicted octanol–water partition coefficient (Wildman–Crippen LogP) is 6.10. The van der Waals surface area contributed by atoms with Crippen molar-refractivity contribution in [3.8, 4) is 11.1 Å². The van der Waals surface area contributed by atoms with E-state index in [9.17, 15) is 21.6 Å². The predicted molar refractivity (Wildman–Crippen MR) is 172 cm³/mol. The summed E-state index contributed by atoms with van der Waals surface area (Å²) in [6.45, 7) is 4.81. The number of nitrogens with one attached hydrogen (secondary N) is 1. The zero-order valence-electron chi connectivity index (χ0n) is 24.4. The Balaban J connectivity index is 1.45. The highest BCUT2D eigenvalue weighted by molar-refractivity contribution is 7.91. The third-order valence-corrected chi connectivity index (χ3v) is 10.9. The van der Waals surface area contributed by atoms with Crippen LogP contribution in [0.3, 0.4) is 0 Å². The molecule has 11 nitrogen and oxygen atoms in total. The highest BCUT2D eigenvalue weighted by atomic mass is 35.5. The first-order valence-electron chi connectivity index (χ1n) is 13.7. The molecule has 0 saturated carbocycles. The molecule has 1 atom stereocenters. The van der Waals surface area contributed by atoms with Crippen LogP contribution in [-0.4, -0.2) is 49.5 Å². The van der Waals surface area contributed by atoms with Gasteiger partial charge in [0.05, 0.1) is 21.7 Å². The Morgan fingerprint density at radius 2 is 1.67 bits per heavy atom. The molecule has 5 aromatic rings. The van der Waals surface area contributed by atoms with Crippen LogP contribution in [0.5, 0.6) is 0 Å². The number of fused-ring (bicyclic) bond motifs is 1. The first-order valence-corrected chi connectivity index (χ1v) is 18.2. The SMILES string of the molecule is CC(C)(C)OC(=O)NS(=O)(=O)CCc1nnc(C(c2nc3ccc(-c4ccc(Cl)cc4)cc3s2)S(=O)(=O)Cc2ccccc2)o1. The number of rotatable bonds is 10. The molecule has 3 aromatic carbocycles. The first kappa shape index (κ1) is 32.5. The fourth-order valence-electron chi connectivity index (χ4n) is 4.35. The second kappa shape index (κ2) is 12.9. The highest BCUT2D eigenvalue weighted by Gasteiger charge is 2.37. The van der Waals surface area contributed by atoms with Crippen LogP contribution in [0.2, 0.25) is 5.02 Å². The Morgan fingerprint density at radius 3 is 2.36 bits per heavy atom. The summed E-state index contributed by atoms with van der Waals surface area (Å²) in [4.78, 5) is 16.6. The molecule has 2 heterocycles. The second-order valence-corrected chi connectivity index (χ2v) is 16.5. The lowest BCUT2D eigenvalue weighted by Crippen LogP contribution is -2.37. The number of carbonyl (C=O) groups is 1. The number of ether oxygens (including phenoxy) is 1. The summed E-state index contributed by atoms with van der Waals surface area (Å²) in [5.41, 5.74) is 2.10. The van der Waals surface area contributed by atoms with E-state index < -0.39 is 42.6 Å². The quantitative estimate of drug-likeness (QED) is 0.182. The number of nitrogens with zero attached hydrogens (tertiary/aromatic N) is 3. The molecule has 2 aromatic heterocycles. The molecule has 1 amide bonds. The van der Waals surface area contributed by atoms with Gasteiger partial charge in [-0.25, -0.2) is 31.3 Å². The van der Waals surface area contributed by atoms with Crippen molar-refractivity contribution in [3.05, 3.63) is 100 Å². The number of sulfone groups is 1. The lowest BCUT2D eigenvalue weighted by Gasteiger charge is -2.19. The van der Waals surface area contributed by atoms with Gasteiger partial charge in [0.1, 0.15) is 10.6 Å². The maximum absolute atomic E-state index is 13.9. The second-order valence-electron chi connectivity index (χ2n) is 11.1. The number of hydrogen-bond donors (Lipinski definition) is 1. The molecule has 0 aliphatic carbocycles. The molecule has 0 aliphatic heterocycles. The van der Waals surface area contributed by atoms with Gasteiger partial charge >= 0.3 is 6.09 Å². The van der Waals surface area contributed by atoms with Crippen molar-refractivity contribution in [3.63, 3.8) is 0 Å². The molecule has 0 spiro atoms. The van der Waals surface area contributed by atoms with Crippen LogP contribution in [0.1, 0.15) is 48.4 Å². The summed E-state index contributed by atoms with van der Waals surface area (Å²) in [5, 5.41) is 7.35. The number of aryl methyl sites for hydroxylation is 1. The molecule has 0 radical (unpaired) electrons. The molecule has 0 bridgehead atoms.